The molecule has 2 aromatic rings. The van der Waals surface area contributed by atoms with Gasteiger partial charge in [0, 0.05) is 51.0 Å². The molecular formula is C28H37Cl2N3O2. The highest BCUT2D eigenvalue weighted by atomic mass is 35.5. The van der Waals surface area contributed by atoms with Crippen LogP contribution in [-0.4, -0.2) is 67.6 Å². The predicted octanol–water partition coefficient (Wildman–Crippen LogP) is 6.24. The number of amides is 1. The van der Waals surface area contributed by atoms with Crippen LogP contribution in [-0.2, 0) is 0 Å². The number of carbonyl (C=O) groups excluding carboxylic acids is 1. The molecule has 2 atom stereocenters. The SMILES string of the molecule is CCC1CCC(C)N(CCCOc2ccc(N3CCN(C(=O)c4cccc(Cl)c4Cl)CC3)cc2)C1. The van der Waals surface area contributed by atoms with Gasteiger partial charge in [-0.05, 0) is 68.5 Å². The van der Waals surface area contributed by atoms with E-state index in [1.807, 2.05) is 4.90 Å². The molecule has 5 nitrogen and oxygen atoms in total. The van der Waals surface area contributed by atoms with Crippen LogP contribution in [0.1, 0.15) is 49.9 Å². The van der Waals surface area contributed by atoms with Crippen LogP contribution in [0.15, 0.2) is 42.5 Å². The highest BCUT2D eigenvalue weighted by Crippen LogP contribution is 2.28. The summed E-state index contributed by atoms with van der Waals surface area (Å²) in [5, 5.41) is 0.734. The van der Waals surface area contributed by atoms with E-state index in [0.29, 0.717) is 34.7 Å². The van der Waals surface area contributed by atoms with Gasteiger partial charge in [0.15, 0.2) is 0 Å². The molecule has 7 heteroatoms. The molecule has 4 rings (SSSR count). The number of piperidine rings is 1. The van der Waals surface area contributed by atoms with E-state index in [1.54, 1.807) is 18.2 Å². The maximum absolute atomic E-state index is 12.9. The van der Waals surface area contributed by atoms with Crippen LogP contribution in [0.25, 0.3) is 0 Å². The molecule has 190 valence electrons. The van der Waals surface area contributed by atoms with Gasteiger partial charge in [-0.15, -0.1) is 0 Å². The molecular weight excluding hydrogens is 481 g/mol. The van der Waals surface area contributed by atoms with E-state index in [1.165, 1.54) is 25.8 Å². The molecule has 0 radical (unpaired) electrons. The highest BCUT2D eigenvalue weighted by Gasteiger charge is 2.25. The van der Waals surface area contributed by atoms with E-state index in [0.717, 1.165) is 50.0 Å². The molecule has 0 N–H and O–H groups in total. The summed E-state index contributed by atoms with van der Waals surface area (Å²) >= 11 is 12.3. The topological polar surface area (TPSA) is 36.0 Å². The van der Waals surface area contributed by atoms with E-state index < -0.39 is 0 Å². The molecule has 2 fully saturated rings. The summed E-state index contributed by atoms with van der Waals surface area (Å²) in [7, 11) is 0. The molecule has 2 aliphatic heterocycles. The fourth-order valence-corrected chi connectivity index (χ4v) is 5.51. The Balaban J connectivity index is 1.21. The normalized spacial score (nSPS) is 21.3. The molecule has 2 aliphatic rings. The van der Waals surface area contributed by atoms with Crippen molar-refractivity contribution in [2.75, 3.05) is 50.8 Å². The zero-order valence-corrected chi connectivity index (χ0v) is 22.4. The largest absolute Gasteiger partial charge is 0.494 e. The first-order valence-electron chi connectivity index (χ1n) is 12.9. The van der Waals surface area contributed by atoms with Gasteiger partial charge in [-0.25, -0.2) is 0 Å². The van der Waals surface area contributed by atoms with E-state index in [4.69, 9.17) is 27.9 Å². The lowest BCUT2D eigenvalue weighted by Crippen LogP contribution is -2.48. The van der Waals surface area contributed by atoms with Crippen molar-refractivity contribution < 1.29 is 9.53 Å². The van der Waals surface area contributed by atoms with Gasteiger partial charge >= 0.3 is 0 Å². The van der Waals surface area contributed by atoms with Gasteiger partial charge in [-0.1, -0.05) is 42.6 Å². The molecule has 0 aliphatic carbocycles. The summed E-state index contributed by atoms with van der Waals surface area (Å²) in [6.07, 6.45) is 5.03. The number of carbonyl (C=O) groups is 1. The summed E-state index contributed by atoms with van der Waals surface area (Å²) in [5.74, 6) is 1.70. The molecule has 0 spiro atoms. The predicted molar refractivity (Wildman–Crippen MR) is 145 cm³/mol. The molecule has 0 saturated carbocycles. The summed E-state index contributed by atoms with van der Waals surface area (Å²) in [5.41, 5.74) is 1.62. The zero-order chi connectivity index (χ0) is 24.8. The van der Waals surface area contributed by atoms with Crippen molar-refractivity contribution in [3.05, 3.63) is 58.1 Å². The number of anilines is 1. The second-order valence-electron chi connectivity index (χ2n) is 9.77. The summed E-state index contributed by atoms with van der Waals surface area (Å²) < 4.78 is 6.02. The maximum Gasteiger partial charge on any atom is 0.255 e. The number of hydrogen-bond acceptors (Lipinski definition) is 4. The lowest BCUT2D eigenvalue weighted by Gasteiger charge is -2.37. The Morgan fingerprint density at radius 2 is 1.77 bits per heavy atom. The Kier molecular flexibility index (Phi) is 9.21. The number of nitrogens with zero attached hydrogens (tertiary/aromatic N) is 3. The van der Waals surface area contributed by atoms with Crippen LogP contribution in [0.2, 0.25) is 10.0 Å². The van der Waals surface area contributed by atoms with Gasteiger partial charge < -0.3 is 19.4 Å². The third-order valence-corrected chi connectivity index (χ3v) is 8.31. The monoisotopic (exact) mass is 517 g/mol. The van der Waals surface area contributed by atoms with Crippen molar-refractivity contribution in [3.8, 4) is 5.75 Å². The minimum atomic E-state index is -0.0648. The number of likely N-dealkylation sites (tertiary alicyclic amines) is 1. The molecule has 1 amide bonds. The molecule has 2 unspecified atom stereocenters. The van der Waals surface area contributed by atoms with Crippen molar-refractivity contribution >= 4 is 34.8 Å². The molecule has 2 aromatic carbocycles. The van der Waals surface area contributed by atoms with Crippen molar-refractivity contribution in [2.45, 2.75) is 45.6 Å². The number of halogens is 2. The van der Waals surface area contributed by atoms with Crippen molar-refractivity contribution in [3.63, 3.8) is 0 Å². The Hall–Kier alpha value is -1.95. The second-order valence-corrected chi connectivity index (χ2v) is 10.6. The fraction of sp³-hybridized carbons (Fsp3) is 0.536. The number of rotatable bonds is 8. The second kappa shape index (κ2) is 12.3. The lowest BCUT2D eigenvalue weighted by atomic mass is 9.91. The van der Waals surface area contributed by atoms with Gasteiger partial charge in [-0.3, -0.25) is 4.79 Å². The average Bonchev–Trinajstić information content (AvgIpc) is 2.89. The van der Waals surface area contributed by atoms with E-state index in [-0.39, 0.29) is 5.91 Å². The smallest absolute Gasteiger partial charge is 0.255 e. The van der Waals surface area contributed by atoms with Crippen molar-refractivity contribution in [1.82, 2.24) is 9.80 Å². The summed E-state index contributed by atoms with van der Waals surface area (Å²) in [6.45, 7) is 10.6. The number of ether oxygens (including phenoxy) is 1. The number of hydrogen-bond donors (Lipinski definition) is 0. The van der Waals surface area contributed by atoms with Gasteiger partial charge in [0.25, 0.3) is 5.91 Å². The molecule has 0 aromatic heterocycles. The lowest BCUT2D eigenvalue weighted by molar-refractivity contribution is 0.0747. The Morgan fingerprint density at radius 3 is 2.49 bits per heavy atom. The van der Waals surface area contributed by atoms with Gasteiger partial charge in [-0.2, -0.15) is 0 Å². The minimum absolute atomic E-state index is 0.0648. The molecule has 35 heavy (non-hydrogen) atoms. The number of piperazine rings is 1. The number of benzene rings is 2. The van der Waals surface area contributed by atoms with Crippen LogP contribution >= 0.6 is 23.2 Å². The third-order valence-electron chi connectivity index (χ3n) is 7.50. The van der Waals surface area contributed by atoms with Crippen molar-refractivity contribution in [1.29, 1.82) is 0 Å². The first kappa shape index (κ1) is 26.1. The molecule has 0 bridgehead atoms. The van der Waals surface area contributed by atoms with Gasteiger partial charge in [0.05, 0.1) is 22.2 Å². The quantitative estimate of drug-likeness (QED) is 0.388. The summed E-state index contributed by atoms with van der Waals surface area (Å²) in [6, 6.07) is 14.2. The first-order valence-corrected chi connectivity index (χ1v) is 13.7. The van der Waals surface area contributed by atoms with Gasteiger partial charge in [0.1, 0.15) is 5.75 Å². The van der Waals surface area contributed by atoms with E-state index in [2.05, 4.69) is 47.9 Å². The maximum atomic E-state index is 12.9. The zero-order valence-electron chi connectivity index (χ0n) is 20.9. The van der Waals surface area contributed by atoms with Crippen LogP contribution < -0.4 is 9.64 Å². The first-order chi connectivity index (χ1) is 17.0. The van der Waals surface area contributed by atoms with Gasteiger partial charge in [0.2, 0.25) is 0 Å². The van der Waals surface area contributed by atoms with Crippen LogP contribution in [0, 0.1) is 5.92 Å². The van der Waals surface area contributed by atoms with Crippen LogP contribution in [0.5, 0.6) is 5.75 Å². The minimum Gasteiger partial charge on any atom is -0.494 e. The van der Waals surface area contributed by atoms with E-state index in [9.17, 15) is 4.79 Å². The molecule has 2 saturated heterocycles. The van der Waals surface area contributed by atoms with Crippen molar-refractivity contribution in [2.24, 2.45) is 5.92 Å². The molecule has 2 heterocycles. The standard InChI is InChI=1S/C28H37Cl2N3O2/c1-3-22-9-8-21(2)33(20-22)14-5-19-35-24-12-10-23(11-13-24)31-15-17-32(18-16-31)28(34)25-6-4-7-26(29)27(25)30/h4,6-7,10-13,21-22H,3,5,8-9,14-20H2,1-2H3. The Morgan fingerprint density at radius 1 is 1.03 bits per heavy atom. The highest BCUT2D eigenvalue weighted by molar-refractivity contribution is 6.43. The Labute approximate surface area is 219 Å². The van der Waals surface area contributed by atoms with Crippen LogP contribution in [0.3, 0.4) is 0 Å². The third kappa shape index (κ3) is 6.63. The fourth-order valence-electron chi connectivity index (χ4n) is 5.13. The van der Waals surface area contributed by atoms with Crippen LogP contribution in [0.4, 0.5) is 5.69 Å². The Bertz CT molecular complexity index is 977. The average molecular weight is 519 g/mol. The summed E-state index contributed by atoms with van der Waals surface area (Å²) in [4.78, 5) is 19.7. The van der Waals surface area contributed by atoms with E-state index >= 15 is 0 Å².